The first-order valence-corrected chi connectivity index (χ1v) is 6.29. The van der Waals surface area contributed by atoms with Gasteiger partial charge >= 0.3 is 0 Å². The first-order chi connectivity index (χ1) is 9.66. The molecule has 0 bridgehead atoms. The van der Waals surface area contributed by atoms with Crippen molar-refractivity contribution < 1.29 is 14.0 Å². The Bertz CT molecular complexity index is 564. The van der Waals surface area contributed by atoms with E-state index < -0.39 is 6.04 Å². The van der Waals surface area contributed by atoms with Gasteiger partial charge in [0.05, 0.1) is 6.26 Å². The first kappa shape index (κ1) is 13.9. The molecule has 0 saturated carbocycles. The fourth-order valence-electron chi connectivity index (χ4n) is 1.81. The van der Waals surface area contributed by atoms with Crippen LogP contribution < -0.4 is 10.6 Å². The van der Waals surface area contributed by atoms with Crippen molar-refractivity contribution in [1.29, 1.82) is 0 Å². The maximum Gasteiger partial charge on any atom is 0.250 e. The van der Waals surface area contributed by atoms with E-state index in [0.29, 0.717) is 12.3 Å². The second-order valence-corrected chi connectivity index (χ2v) is 4.35. The molecule has 0 aliphatic rings. The van der Waals surface area contributed by atoms with Crippen LogP contribution in [0.15, 0.2) is 53.1 Å². The van der Waals surface area contributed by atoms with Crippen molar-refractivity contribution in [3.8, 4) is 0 Å². The number of hydrogen-bond donors (Lipinski definition) is 2. The summed E-state index contributed by atoms with van der Waals surface area (Å²) >= 11 is 0. The Morgan fingerprint density at radius 2 is 1.90 bits per heavy atom. The summed E-state index contributed by atoms with van der Waals surface area (Å²) in [6.07, 6.45) is 1.47. The van der Waals surface area contributed by atoms with Crippen molar-refractivity contribution in [1.82, 2.24) is 10.6 Å². The SMILES string of the molecule is CC(=O)N[C@@H](C(=O)NCc1ccccc1)c1ccco1. The van der Waals surface area contributed by atoms with E-state index in [2.05, 4.69) is 10.6 Å². The van der Waals surface area contributed by atoms with Crippen LogP contribution in [0.2, 0.25) is 0 Å². The molecule has 1 aromatic heterocycles. The zero-order valence-electron chi connectivity index (χ0n) is 11.1. The van der Waals surface area contributed by atoms with Gasteiger partial charge in [0.1, 0.15) is 5.76 Å². The number of hydrogen-bond acceptors (Lipinski definition) is 3. The lowest BCUT2D eigenvalue weighted by atomic mass is 10.2. The summed E-state index contributed by atoms with van der Waals surface area (Å²) in [4.78, 5) is 23.4. The van der Waals surface area contributed by atoms with Crippen LogP contribution in [0.3, 0.4) is 0 Å². The molecule has 0 unspecified atom stereocenters. The van der Waals surface area contributed by atoms with Gasteiger partial charge in [0.2, 0.25) is 5.91 Å². The zero-order chi connectivity index (χ0) is 14.4. The lowest BCUT2D eigenvalue weighted by Crippen LogP contribution is -2.39. The van der Waals surface area contributed by atoms with Gasteiger partial charge in [-0.1, -0.05) is 30.3 Å². The molecule has 0 radical (unpaired) electrons. The minimum Gasteiger partial charge on any atom is -0.467 e. The van der Waals surface area contributed by atoms with Gasteiger partial charge in [-0.3, -0.25) is 9.59 Å². The topological polar surface area (TPSA) is 71.3 Å². The maximum atomic E-state index is 12.2. The van der Waals surface area contributed by atoms with E-state index in [0.717, 1.165) is 5.56 Å². The molecule has 0 fully saturated rings. The van der Waals surface area contributed by atoms with Crippen molar-refractivity contribution in [2.24, 2.45) is 0 Å². The standard InChI is InChI=1S/C15H16N2O3/c1-11(18)17-14(13-8-5-9-20-13)15(19)16-10-12-6-3-2-4-7-12/h2-9,14H,10H2,1H3,(H,16,19)(H,17,18)/t14-/m1/s1. The third kappa shape index (κ3) is 3.71. The van der Waals surface area contributed by atoms with Crippen LogP contribution in [-0.4, -0.2) is 11.8 Å². The molecule has 1 heterocycles. The predicted octanol–water partition coefficient (Wildman–Crippen LogP) is 1.77. The average molecular weight is 272 g/mol. The van der Waals surface area contributed by atoms with Crippen LogP contribution in [0, 0.1) is 0 Å². The van der Waals surface area contributed by atoms with Gasteiger partial charge < -0.3 is 15.1 Å². The average Bonchev–Trinajstić information content (AvgIpc) is 2.97. The highest BCUT2D eigenvalue weighted by atomic mass is 16.3. The number of benzene rings is 1. The number of carbonyl (C=O) groups excluding carboxylic acids is 2. The van der Waals surface area contributed by atoms with E-state index in [4.69, 9.17) is 4.42 Å². The monoisotopic (exact) mass is 272 g/mol. The van der Waals surface area contributed by atoms with Crippen molar-refractivity contribution in [2.75, 3.05) is 0 Å². The van der Waals surface area contributed by atoms with E-state index in [-0.39, 0.29) is 11.8 Å². The molecule has 104 valence electrons. The molecular weight excluding hydrogens is 256 g/mol. The summed E-state index contributed by atoms with van der Waals surface area (Å²) in [6.45, 7) is 1.76. The minimum atomic E-state index is -0.814. The van der Waals surface area contributed by atoms with Crippen LogP contribution in [0.5, 0.6) is 0 Å². The Balaban J connectivity index is 2.02. The van der Waals surface area contributed by atoms with E-state index in [9.17, 15) is 9.59 Å². The second-order valence-electron chi connectivity index (χ2n) is 4.35. The maximum absolute atomic E-state index is 12.2. The van der Waals surface area contributed by atoms with Crippen LogP contribution in [0.4, 0.5) is 0 Å². The zero-order valence-corrected chi connectivity index (χ0v) is 11.1. The molecule has 5 nitrogen and oxygen atoms in total. The van der Waals surface area contributed by atoms with Gasteiger partial charge in [0.25, 0.3) is 5.91 Å². The van der Waals surface area contributed by atoms with Gasteiger partial charge in [-0.15, -0.1) is 0 Å². The summed E-state index contributed by atoms with van der Waals surface area (Å²) in [6, 6.07) is 12.1. The molecule has 0 aliphatic heterocycles. The molecule has 2 rings (SSSR count). The highest BCUT2D eigenvalue weighted by Crippen LogP contribution is 2.14. The molecule has 0 aliphatic carbocycles. The van der Waals surface area contributed by atoms with Crippen molar-refractivity contribution in [3.05, 3.63) is 60.1 Å². The van der Waals surface area contributed by atoms with Crippen LogP contribution in [0.25, 0.3) is 0 Å². The summed E-state index contributed by atoms with van der Waals surface area (Å²) in [5, 5.41) is 5.35. The third-order valence-corrected chi connectivity index (χ3v) is 2.75. The molecule has 0 spiro atoms. The summed E-state index contributed by atoms with van der Waals surface area (Å²) in [5.41, 5.74) is 0.988. The largest absolute Gasteiger partial charge is 0.467 e. The van der Waals surface area contributed by atoms with Gasteiger partial charge in [-0.25, -0.2) is 0 Å². The number of carbonyl (C=O) groups is 2. The van der Waals surface area contributed by atoms with Gasteiger partial charge in [0, 0.05) is 13.5 Å². The van der Waals surface area contributed by atoms with Gasteiger partial charge in [0.15, 0.2) is 6.04 Å². The molecule has 20 heavy (non-hydrogen) atoms. The smallest absolute Gasteiger partial charge is 0.250 e. The van der Waals surface area contributed by atoms with E-state index in [1.807, 2.05) is 30.3 Å². The summed E-state index contributed by atoms with van der Waals surface area (Å²) in [5.74, 6) is -0.189. The molecule has 1 aromatic carbocycles. The Kier molecular flexibility index (Phi) is 4.55. The minimum absolute atomic E-state index is 0.290. The normalized spacial score (nSPS) is 11.7. The Morgan fingerprint density at radius 3 is 2.50 bits per heavy atom. The second kappa shape index (κ2) is 6.56. The van der Waals surface area contributed by atoms with E-state index in [1.165, 1.54) is 13.2 Å². The Morgan fingerprint density at radius 1 is 1.15 bits per heavy atom. The molecule has 0 saturated heterocycles. The van der Waals surface area contributed by atoms with Crippen molar-refractivity contribution in [3.63, 3.8) is 0 Å². The predicted molar refractivity (Wildman–Crippen MR) is 73.6 cm³/mol. The number of amides is 2. The van der Waals surface area contributed by atoms with E-state index >= 15 is 0 Å². The summed E-state index contributed by atoms with van der Waals surface area (Å²) in [7, 11) is 0. The summed E-state index contributed by atoms with van der Waals surface area (Å²) < 4.78 is 5.19. The number of nitrogens with one attached hydrogen (secondary N) is 2. The fourth-order valence-corrected chi connectivity index (χ4v) is 1.81. The lowest BCUT2D eigenvalue weighted by molar-refractivity contribution is -0.128. The van der Waals surface area contributed by atoms with Crippen molar-refractivity contribution in [2.45, 2.75) is 19.5 Å². The molecule has 1 atom stereocenters. The molecule has 5 heteroatoms. The number of furan rings is 1. The third-order valence-electron chi connectivity index (χ3n) is 2.75. The number of rotatable bonds is 5. The van der Waals surface area contributed by atoms with Gasteiger partial charge in [-0.05, 0) is 17.7 Å². The quantitative estimate of drug-likeness (QED) is 0.871. The van der Waals surface area contributed by atoms with Crippen molar-refractivity contribution >= 4 is 11.8 Å². The molecular formula is C15H16N2O3. The van der Waals surface area contributed by atoms with Crippen LogP contribution >= 0.6 is 0 Å². The van der Waals surface area contributed by atoms with Crippen LogP contribution in [0.1, 0.15) is 24.3 Å². The first-order valence-electron chi connectivity index (χ1n) is 6.29. The Hall–Kier alpha value is -2.56. The molecule has 2 amide bonds. The van der Waals surface area contributed by atoms with Crippen LogP contribution in [-0.2, 0) is 16.1 Å². The fraction of sp³-hybridized carbons (Fsp3) is 0.200. The highest BCUT2D eigenvalue weighted by Gasteiger charge is 2.23. The Labute approximate surface area is 117 Å². The lowest BCUT2D eigenvalue weighted by Gasteiger charge is -2.15. The molecule has 2 aromatic rings. The highest BCUT2D eigenvalue weighted by molar-refractivity contribution is 5.87. The van der Waals surface area contributed by atoms with Gasteiger partial charge in [-0.2, -0.15) is 0 Å². The molecule has 2 N–H and O–H groups in total. The van der Waals surface area contributed by atoms with E-state index in [1.54, 1.807) is 12.1 Å².